The van der Waals surface area contributed by atoms with Crippen molar-refractivity contribution in [1.29, 1.82) is 0 Å². The van der Waals surface area contributed by atoms with Gasteiger partial charge in [0.05, 0.1) is 5.52 Å². The smallest absolute Gasteiger partial charge is 0.410 e. The largest absolute Gasteiger partial charge is 0.444 e. The van der Waals surface area contributed by atoms with Gasteiger partial charge < -0.3 is 9.64 Å². The number of nitrogens with one attached hydrogen (secondary N) is 2. The summed E-state index contributed by atoms with van der Waals surface area (Å²) in [4.78, 5) is 18.9. The minimum atomic E-state index is -0.497. The van der Waals surface area contributed by atoms with E-state index >= 15 is 0 Å². The highest BCUT2D eigenvalue weighted by Crippen LogP contribution is 2.29. The maximum absolute atomic E-state index is 12.4. The zero-order valence-corrected chi connectivity index (χ0v) is 17.7. The van der Waals surface area contributed by atoms with Crippen LogP contribution in [0.15, 0.2) is 22.8 Å². The van der Waals surface area contributed by atoms with Crippen LogP contribution in [0.3, 0.4) is 0 Å². The lowest BCUT2D eigenvalue weighted by Crippen LogP contribution is -2.42. The molecule has 2 N–H and O–H groups in total. The first-order valence-electron chi connectivity index (χ1n) is 9.34. The highest BCUT2D eigenvalue weighted by Gasteiger charge is 2.30. The molecule has 2 aromatic heterocycles. The summed E-state index contributed by atoms with van der Waals surface area (Å²) >= 11 is 3.44. The number of benzene rings is 1. The third-order valence-corrected chi connectivity index (χ3v) is 5.34. The minimum Gasteiger partial charge on any atom is -0.444 e. The van der Waals surface area contributed by atoms with Gasteiger partial charge in [-0.15, -0.1) is 0 Å². The Morgan fingerprint density at radius 2 is 2.11 bits per heavy atom. The van der Waals surface area contributed by atoms with E-state index in [4.69, 9.17) is 9.72 Å². The number of ether oxygens (including phenoxy) is 1. The lowest BCUT2D eigenvalue weighted by molar-refractivity contribution is 0.0196. The first-order chi connectivity index (χ1) is 13.3. The molecule has 1 aliphatic heterocycles. The normalized spacial score (nSPS) is 17.9. The van der Waals surface area contributed by atoms with Crippen molar-refractivity contribution in [2.75, 3.05) is 13.1 Å². The maximum atomic E-state index is 12.4. The van der Waals surface area contributed by atoms with E-state index < -0.39 is 5.60 Å². The van der Waals surface area contributed by atoms with Crippen molar-refractivity contribution in [3.8, 4) is 11.4 Å². The van der Waals surface area contributed by atoms with Crippen molar-refractivity contribution in [1.82, 2.24) is 30.3 Å². The standard InChI is InChI=1S/C19H23BrN6O2/c1-19(2,3)28-18(27)26-8-4-5-12(10-26)17-21-16(24-25-17)11-6-7-14-13(9-11)15(20)23-22-14/h6-7,9,12H,4-5,8,10H2,1-3H3,(H,22,23)(H,21,24,25). The van der Waals surface area contributed by atoms with E-state index in [0.717, 1.165) is 39.7 Å². The molecule has 3 aromatic rings. The molecule has 28 heavy (non-hydrogen) atoms. The Morgan fingerprint density at radius 3 is 2.89 bits per heavy atom. The van der Waals surface area contributed by atoms with Crippen LogP contribution in [0.4, 0.5) is 4.79 Å². The fraction of sp³-hybridized carbons (Fsp3) is 0.474. The van der Waals surface area contributed by atoms with Crippen molar-refractivity contribution in [2.45, 2.75) is 45.1 Å². The summed E-state index contributed by atoms with van der Waals surface area (Å²) in [5.41, 5.74) is 1.37. The van der Waals surface area contributed by atoms with E-state index in [1.54, 1.807) is 4.90 Å². The van der Waals surface area contributed by atoms with Crippen LogP contribution < -0.4 is 0 Å². The fourth-order valence-electron chi connectivity index (χ4n) is 3.40. The number of aromatic nitrogens is 5. The van der Waals surface area contributed by atoms with Gasteiger partial charge in [-0.05, 0) is 67.7 Å². The number of amides is 1. The average Bonchev–Trinajstić information content (AvgIpc) is 3.28. The van der Waals surface area contributed by atoms with Crippen LogP contribution in [0, 0.1) is 0 Å². The Bertz CT molecular complexity index is 1010. The predicted molar refractivity (Wildman–Crippen MR) is 109 cm³/mol. The Labute approximate surface area is 171 Å². The van der Waals surface area contributed by atoms with Crippen LogP contribution in [0.1, 0.15) is 45.4 Å². The number of hydrogen-bond acceptors (Lipinski definition) is 5. The van der Waals surface area contributed by atoms with E-state index in [2.05, 4.69) is 36.3 Å². The van der Waals surface area contributed by atoms with Gasteiger partial charge in [0.15, 0.2) is 5.82 Å². The van der Waals surface area contributed by atoms with Crippen molar-refractivity contribution >= 4 is 32.9 Å². The molecule has 1 atom stereocenters. The number of rotatable bonds is 2. The fourth-order valence-corrected chi connectivity index (χ4v) is 3.82. The summed E-state index contributed by atoms with van der Waals surface area (Å²) in [5, 5.41) is 15.6. The average molecular weight is 447 g/mol. The highest BCUT2D eigenvalue weighted by molar-refractivity contribution is 9.10. The van der Waals surface area contributed by atoms with E-state index in [-0.39, 0.29) is 12.0 Å². The second kappa shape index (κ2) is 7.20. The van der Waals surface area contributed by atoms with E-state index in [1.165, 1.54) is 0 Å². The Hall–Kier alpha value is -2.42. The molecular formula is C19H23BrN6O2. The number of aromatic amines is 2. The molecule has 3 heterocycles. The van der Waals surface area contributed by atoms with Crippen molar-refractivity contribution < 1.29 is 9.53 Å². The Morgan fingerprint density at radius 1 is 1.29 bits per heavy atom. The molecule has 8 nitrogen and oxygen atoms in total. The monoisotopic (exact) mass is 446 g/mol. The number of piperidine rings is 1. The van der Waals surface area contributed by atoms with Gasteiger partial charge in [0.25, 0.3) is 0 Å². The lowest BCUT2D eigenvalue weighted by Gasteiger charge is -2.33. The molecule has 1 unspecified atom stereocenters. The van der Waals surface area contributed by atoms with Crippen LogP contribution in [-0.4, -0.2) is 55.1 Å². The second-order valence-corrected chi connectivity index (χ2v) is 8.84. The summed E-state index contributed by atoms with van der Waals surface area (Å²) in [6, 6.07) is 5.93. The summed E-state index contributed by atoms with van der Waals surface area (Å²) in [7, 11) is 0. The molecule has 0 saturated carbocycles. The SMILES string of the molecule is CC(C)(C)OC(=O)N1CCCC(c2nc(-c3ccc4[nH]nc(Br)c4c3)n[nH]2)C1. The summed E-state index contributed by atoms with van der Waals surface area (Å²) in [6.07, 6.45) is 1.60. The number of carbonyl (C=O) groups excluding carboxylic acids is 1. The summed E-state index contributed by atoms with van der Waals surface area (Å²) < 4.78 is 6.27. The van der Waals surface area contributed by atoms with Gasteiger partial charge in [-0.1, -0.05) is 0 Å². The minimum absolute atomic E-state index is 0.118. The van der Waals surface area contributed by atoms with Crippen LogP contribution in [-0.2, 0) is 4.74 Å². The molecule has 1 aromatic carbocycles. The third-order valence-electron chi connectivity index (χ3n) is 4.74. The third kappa shape index (κ3) is 3.89. The number of H-pyrrole nitrogens is 2. The van der Waals surface area contributed by atoms with Gasteiger partial charge in [-0.2, -0.15) is 10.2 Å². The molecule has 0 radical (unpaired) electrons. The van der Waals surface area contributed by atoms with Gasteiger partial charge in [0, 0.05) is 30.0 Å². The van der Waals surface area contributed by atoms with Gasteiger partial charge in [-0.25, -0.2) is 9.78 Å². The van der Waals surface area contributed by atoms with Crippen LogP contribution >= 0.6 is 15.9 Å². The van der Waals surface area contributed by atoms with Gasteiger partial charge >= 0.3 is 6.09 Å². The number of nitrogens with zero attached hydrogens (tertiary/aromatic N) is 4. The molecule has 0 bridgehead atoms. The summed E-state index contributed by atoms with van der Waals surface area (Å²) in [6.45, 7) is 6.92. The van der Waals surface area contributed by atoms with E-state index in [0.29, 0.717) is 18.9 Å². The Balaban J connectivity index is 1.51. The topological polar surface area (TPSA) is 99.8 Å². The van der Waals surface area contributed by atoms with Crippen LogP contribution in [0.25, 0.3) is 22.3 Å². The second-order valence-electron chi connectivity index (χ2n) is 8.08. The lowest BCUT2D eigenvalue weighted by atomic mass is 9.98. The molecule has 1 saturated heterocycles. The molecule has 1 fully saturated rings. The molecule has 9 heteroatoms. The quantitative estimate of drug-likeness (QED) is 0.613. The highest BCUT2D eigenvalue weighted by atomic mass is 79.9. The van der Waals surface area contributed by atoms with Crippen LogP contribution in [0.2, 0.25) is 0 Å². The molecule has 4 rings (SSSR count). The van der Waals surface area contributed by atoms with Gasteiger partial charge in [0.1, 0.15) is 16.0 Å². The maximum Gasteiger partial charge on any atom is 0.410 e. The number of fused-ring (bicyclic) bond motifs is 1. The Kier molecular flexibility index (Phi) is 4.86. The zero-order chi connectivity index (χ0) is 19.9. The number of hydrogen-bond donors (Lipinski definition) is 2. The molecule has 148 valence electrons. The van der Waals surface area contributed by atoms with E-state index in [1.807, 2.05) is 39.0 Å². The molecule has 0 aliphatic carbocycles. The first-order valence-corrected chi connectivity index (χ1v) is 10.1. The van der Waals surface area contributed by atoms with Crippen molar-refractivity contribution in [3.63, 3.8) is 0 Å². The number of likely N-dealkylation sites (tertiary alicyclic amines) is 1. The molecule has 1 aliphatic rings. The number of carbonyl (C=O) groups is 1. The van der Waals surface area contributed by atoms with Crippen LogP contribution in [0.5, 0.6) is 0 Å². The summed E-state index contributed by atoms with van der Waals surface area (Å²) in [5.74, 6) is 1.56. The number of halogens is 1. The predicted octanol–water partition coefficient (Wildman–Crippen LogP) is 4.23. The molecule has 0 spiro atoms. The first kappa shape index (κ1) is 18.9. The molecule has 1 amide bonds. The van der Waals surface area contributed by atoms with Crippen molar-refractivity contribution in [3.05, 3.63) is 28.6 Å². The zero-order valence-electron chi connectivity index (χ0n) is 16.1. The van der Waals surface area contributed by atoms with Gasteiger partial charge in [-0.3, -0.25) is 10.2 Å². The van der Waals surface area contributed by atoms with Gasteiger partial charge in [0.2, 0.25) is 0 Å². The van der Waals surface area contributed by atoms with E-state index in [9.17, 15) is 4.79 Å². The molecular weight excluding hydrogens is 424 g/mol. The van der Waals surface area contributed by atoms with Crippen molar-refractivity contribution in [2.24, 2.45) is 0 Å².